The van der Waals surface area contributed by atoms with Crippen LogP contribution in [0.4, 0.5) is 18.0 Å². The molecule has 29 heavy (non-hydrogen) atoms. The molecule has 0 bridgehead atoms. The van der Waals surface area contributed by atoms with Gasteiger partial charge in [0.2, 0.25) is 0 Å². The number of hydrogen-bond acceptors (Lipinski definition) is 4. The van der Waals surface area contributed by atoms with E-state index in [9.17, 15) is 18.0 Å². The van der Waals surface area contributed by atoms with E-state index in [1.54, 1.807) is 31.0 Å². The average Bonchev–Trinajstić information content (AvgIpc) is 2.70. The monoisotopic (exact) mass is 416 g/mol. The second-order valence-corrected chi connectivity index (χ2v) is 6.58. The van der Waals surface area contributed by atoms with Gasteiger partial charge in [0.25, 0.3) is 0 Å². The molecular weight excluding hydrogens is 389 g/mol. The maximum absolute atomic E-state index is 12.2. The molecule has 10 heteroatoms. The van der Waals surface area contributed by atoms with Crippen LogP contribution in [0, 0.1) is 0 Å². The van der Waals surface area contributed by atoms with Gasteiger partial charge in [0, 0.05) is 32.7 Å². The Kier molecular flexibility index (Phi) is 8.41. The van der Waals surface area contributed by atoms with Crippen LogP contribution in [0.25, 0.3) is 0 Å². The minimum atomic E-state index is -4.36. The van der Waals surface area contributed by atoms with Gasteiger partial charge in [0.1, 0.15) is 5.75 Å². The predicted octanol–water partition coefficient (Wildman–Crippen LogP) is 2.91. The minimum Gasteiger partial charge on any atom is -0.484 e. The molecule has 2 N–H and O–H groups in total. The van der Waals surface area contributed by atoms with Gasteiger partial charge in [0.15, 0.2) is 12.6 Å². The van der Waals surface area contributed by atoms with Crippen molar-refractivity contribution in [3.8, 4) is 5.75 Å². The molecule has 1 fully saturated rings. The van der Waals surface area contributed by atoms with Crippen molar-refractivity contribution in [2.45, 2.75) is 38.5 Å². The quantitative estimate of drug-likeness (QED) is 0.551. The maximum atomic E-state index is 12.2. The molecule has 0 atom stereocenters. The highest BCUT2D eigenvalue weighted by Crippen LogP contribution is 2.19. The van der Waals surface area contributed by atoms with E-state index in [1.807, 2.05) is 0 Å². The lowest BCUT2D eigenvalue weighted by Gasteiger charge is -2.32. The van der Waals surface area contributed by atoms with Gasteiger partial charge in [-0.05, 0) is 37.5 Å². The summed E-state index contributed by atoms with van der Waals surface area (Å²) in [5, 5.41) is 6.50. The maximum Gasteiger partial charge on any atom is 0.422 e. The Hall–Kier alpha value is -2.65. The molecule has 0 unspecified atom stereocenters. The molecule has 0 aromatic heterocycles. The lowest BCUT2D eigenvalue weighted by Crippen LogP contribution is -2.49. The van der Waals surface area contributed by atoms with Crippen LogP contribution >= 0.6 is 0 Å². The third-order valence-corrected chi connectivity index (χ3v) is 4.37. The number of alkyl halides is 3. The highest BCUT2D eigenvalue weighted by molar-refractivity contribution is 5.80. The number of carbonyl (C=O) groups excluding carboxylic acids is 1. The van der Waals surface area contributed by atoms with E-state index < -0.39 is 12.8 Å². The first-order chi connectivity index (χ1) is 13.8. The first kappa shape index (κ1) is 22.6. The van der Waals surface area contributed by atoms with Crippen LogP contribution in [-0.2, 0) is 11.3 Å². The van der Waals surface area contributed by atoms with Crippen molar-refractivity contribution in [1.29, 1.82) is 0 Å². The van der Waals surface area contributed by atoms with E-state index in [2.05, 4.69) is 15.6 Å². The number of nitrogens with one attached hydrogen (secondary N) is 2. The number of nitrogens with zero attached hydrogens (tertiary/aromatic N) is 2. The second kappa shape index (κ2) is 10.8. The SMILES string of the molecule is CCOC(=O)N1CCC(NC(=NC)NCc2ccc(OCC(F)(F)F)cc2)CC1. The molecule has 162 valence electrons. The van der Waals surface area contributed by atoms with Crippen molar-refractivity contribution in [2.24, 2.45) is 4.99 Å². The highest BCUT2D eigenvalue weighted by Gasteiger charge is 2.28. The van der Waals surface area contributed by atoms with E-state index in [-0.39, 0.29) is 17.9 Å². The van der Waals surface area contributed by atoms with Crippen LogP contribution in [0.15, 0.2) is 29.3 Å². The molecule has 0 spiro atoms. The Bertz CT molecular complexity index is 672. The number of guanidine groups is 1. The molecule has 1 aromatic carbocycles. The van der Waals surface area contributed by atoms with E-state index in [4.69, 9.17) is 9.47 Å². The molecule has 1 aliphatic rings. The third-order valence-electron chi connectivity index (χ3n) is 4.37. The zero-order valence-corrected chi connectivity index (χ0v) is 16.6. The molecular formula is C19H27F3N4O3. The van der Waals surface area contributed by atoms with Crippen LogP contribution in [-0.4, -0.2) is 62.5 Å². The number of rotatable bonds is 6. The van der Waals surface area contributed by atoms with E-state index in [0.29, 0.717) is 32.2 Å². The van der Waals surface area contributed by atoms with Gasteiger partial charge in [-0.25, -0.2) is 4.79 Å². The standard InChI is InChI=1S/C19H27F3N4O3/c1-3-28-18(27)26-10-8-15(9-11-26)25-17(23-2)24-12-14-4-6-16(7-5-14)29-13-19(20,21)22/h4-7,15H,3,8-13H2,1-2H3,(H2,23,24,25). The van der Waals surface area contributed by atoms with Gasteiger partial charge < -0.3 is 25.0 Å². The van der Waals surface area contributed by atoms with Gasteiger partial charge >= 0.3 is 12.3 Å². The molecule has 1 aliphatic heterocycles. The Labute approximate surface area is 168 Å². The predicted molar refractivity (Wildman–Crippen MR) is 103 cm³/mol. The number of likely N-dealkylation sites (tertiary alicyclic amines) is 1. The van der Waals surface area contributed by atoms with Crippen molar-refractivity contribution in [2.75, 3.05) is 33.4 Å². The first-order valence-electron chi connectivity index (χ1n) is 9.48. The molecule has 1 heterocycles. The molecule has 7 nitrogen and oxygen atoms in total. The summed E-state index contributed by atoms with van der Waals surface area (Å²) in [6.07, 6.45) is -3.07. The summed E-state index contributed by atoms with van der Waals surface area (Å²) < 4.78 is 46.2. The number of piperidine rings is 1. The minimum absolute atomic E-state index is 0.168. The van der Waals surface area contributed by atoms with E-state index in [1.165, 1.54) is 12.1 Å². The topological polar surface area (TPSA) is 75.2 Å². The fourth-order valence-electron chi connectivity index (χ4n) is 2.86. The van der Waals surface area contributed by atoms with Gasteiger partial charge in [-0.15, -0.1) is 0 Å². The lowest BCUT2D eigenvalue weighted by molar-refractivity contribution is -0.153. The molecule has 0 saturated carbocycles. The molecule has 0 aliphatic carbocycles. The van der Waals surface area contributed by atoms with Gasteiger partial charge in [0.05, 0.1) is 6.61 Å². The number of hydrogen-bond donors (Lipinski definition) is 2. The van der Waals surface area contributed by atoms with Crippen molar-refractivity contribution in [3.05, 3.63) is 29.8 Å². The Morgan fingerprint density at radius 1 is 1.24 bits per heavy atom. The Morgan fingerprint density at radius 3 is 2.45 bits per heavy atom. The fourth-order valence-corrected chi connectivity index (χ4v) is 2.86. The van der Waals surface area contributed by atoms with Crippen LogP contribution < -0.4 is 15.4 Å². The lowest BCUT2D eigenvalue weighted by atomic mass is 10.1. The van der Waals surface area contributed by atoms with E-state index in [0.717, 1.165) is 18.4 Å². The number of benzene rings is 1. The zero-order chi connectivity index (χ0) is 21.3. The zero-order valence-electron chi connectivity index (χ0n) is 16.6. The normalized spacial score (nSPS) is 15.8. The van der Waals surface area contributed by atoms with Crippen molar-refractivity contribution in [1.82, 2.24) is 15.5 Å². The molecule has 1 saturated heterocycles. The Morgan fingerprint density at radius 2 is 1.90 bits per heavy atom. The number of ether oxygens (including phenoxy) is 2. The summed E-state index contributed by atoms with van der Waals surface area (Å²) in [4.78, 5) is 17.6. The number of amides is 1. The van der Waals surface area contributed by atoms with Crippen molar-refractivity contribution >= 4 is 12.1 Å². The number of carbonyl (C=O) groups is 1. The highest BCUT2D eigenvalue weighted by atomic mass is 19.4. The van der Waals surface area contributed by atoms with Crippen molar-refractivity contribution < 1.29 is 27.4 Å². The summed E-state index contributed by atoms with van der Waals surface area (Å²) in [6, 6.07) is 6.59. The van der Waals surface area contributed by atoms with Crippen LogP contribution in [0.1, 0.15) is 25.3 Å². The summed E-state index contributed by atoms with van der Waals surface area (Å²) in [5.41, 5.74) is 0.879. The van der Waals surface area contributed by atoms with Gasteiger partial charge in [-0.2, -0.15) is 13.2 Å². The number of halogens is 3. The van der Waals surface area contributed by atoms with E-state index >= 15 is 0 Å². The molecule has 1 amide bonds. The summed E-state index contributed by atoms with van der Waals surface area (Å²) in [6.45, 7) is 2.53. The number of aliphatic imine (C=N–C) groups is 1. The smallest absolute Gasteiger partial charge is 0.422 e. The Balaban J connectivity index is 1.74. The fraction of sp³-hybridized carbons (Fsp3) is 0.579. The molecule has 2 rings (SSSR count). The average molecular weight is 416 g/mol. The van der Waals surface area contributed by atoms with Crippen LogP contribution in [0.3, 0.4) is 0 Å². The summed E-state index contributed by atoms with van der Waals surface area (Å²) in [7, 11) is 1.66. The van der Waals surface area contributed by atoms with Crippen LogP contribution in [0.2, 0.25) is 0 Å². The summed E-state index contributed by atoms with van der Waals surface area (Å²) in [5.74, 6) is 0.791. The third kappa shape index (κ3) is 8.08. The molecule has 0 radical (unpaired) electrons. The summed E-state index contributed by atoms with van der Waals surface area (Å²) >= 11 is 0. The van der Waals surface area contributed by atoms with Crippen LogP contribution in [0.5, 0.6) is 5.75 Å². The van der Waals surface area contributed by atoms with Crippen molar-refractivity contribution in [3.63, 3.8) is 0 Å². The van der Waals surface area contributed by atoms with Gasteiger partial charge in [-0.3, -0.25) is 4.99 Å². The molecule has 1 aromatic rings. The second-order valence-electron chi connectivity index (χ2n) is 6.58. The first-order valence-corrected chi connectivity index (χ1v) is 9.48. The van der Waals surface area contributed by atoms with Gasteiger partial charge in [-0.1, -0.05) is 12.1 Å². The largest absolute Gasteiger partial charge is 0.484 e.